The van der Waals surface area contributed by atoms with Gasteiger partial charge in [0.2, 0.25) is 0 Å². The highest BCUT2D eigenvalue weighted by Crippen LogP contribution is 1.89. The molecule has 0 radical (unpaired) electrons. The molecule has 0 atom stereocenters. The summed E-state index contributed by atoms with van der Waals surface area (Å²) < 4.78 is 0.458. The third kappa shape index (κ3) is 0.914. The van der Waals surface area contributed by atoms with E-state index in [1.807, 2.05) is 0 Å². The molecule has 1 heterocycles. The minimum Gasteiger partial charge on any atom is -0.382 e. The Balaban J connectivity index is 3.31. The molecule has 0 unspecified atom stereocenters. The van der Waals surface area contributed by atoms with Crippen molar-refractivity contribution in [1.82, 2.24) is 9.71 Å². The van der Waals surface area contributed by atoms with Gasteiger partial charge in [0, 0.05) is 12.3 Å². The van der Waals surface area contributed by atoms with Crippen LogP contribution in [0.5, 0.6) is 0 Å². The number of rotatable bonds is 1. The monoisotopic (exact) mass is 143 g/mol. The summed E-state index contributed by atoms with van der Waals surface area (Å²) in [4.78, 5) is 17.4. The fourth-order valence-electron chi connectivity index (χ4n) is 0.490. The van der Waals surface area contributed by atoms with Crippen LogP contribution in [0, 0.1) is 0 Å². The van der Waals surface area contributed by atoms with Gasteiger partial charge in [0.15, 0.2) is 5.82 Å². The molecule has 0 bridgehead atoms. The van der Waals surface area contributed by atoms with Gasteiger partial charge in [-0.2, -0.15) is 10.2 Å². The van der Waals surface area contributed by atoms with Gasteiger partial charge in [0.05, 0.1) is 0 Å². The predicted octanol–water partition coefficient (Wildman–Crippen LogP) is -1.27. The van der Waals surface area contributed by atoms with Crippen molar-refractivity contribution in [3.8, 4) is 0 Å². The van der Waals surface area contributed by atoms with Gasteiger partial charge in [-0.15, -0.1) is 0 Å². The lowest BCUT2D eigenvalue weighted by Crippen LogP contribution is -2.28. The Morgan fingerprint density at radius 1 is 1.80 bits per heavy atom. The van der Waals surface area contributed by atoms with Crippen LogP contribution >= 0.6 is 0 Å². The average molecular weight is 143 g/mol. The van der Waals surface area contributed by atoms with Gasteiger partial charge in [-0.3, -0.25) is 0 Å². The molecule has 0 aliphatic heterocycles. The van der Waals surface area contributed by atoms with Crippen molar-refractivity contribution in [3.05, 3.63) is 22.7 Å². The van der Waals surface area contributed by atoms with E-state index in [0.717, 1.165) is 0 Å². The maximum Gasteiger partial charge on any atom is 0.385 e. The van der Waals surface area contributed by atoms with Crippen LogP contribution in [0.3, 0.4) is 0 Å². The molecule has 10 heavy (non-hydrogen) atoms. The molecule has 6 nitrogen and oxygen atoms in total. The largest absolute Gasteiger partial charge is 0.385 e. The molecule has 0 amide bonds. The second-order valence-corrected chi connectivity index (χ2v) is 1.53. The Labute approximate surface area is 55.4 Å². The number of hydrogen-bond acceptors (Lipinski definition) is 5. The molecule has 0 fully saturated rings. The highest BCUT2D eigenvalue weighted by Gasteiger charge is 1.98. The van der Waals surface area contributed by atoms with E-state index in [1.165, 1.54) is 12.3 Å². The molecule has 1 aromatic rings. The smallest absolute Gasteiger partial charge is 0.382 e. The quantitative estimate of drug-likeness (QED) is 0.377. The lowest BCUT2D eigenvalue weighted by molar-refractivity contribution is -0.244. The molecular weight excluding hydrogens is 138 g/mol. The van der Waals surface area contributed by atoms with Gasteiger partial charge in [-0.05, 0) is 0 Å². The van der Waals surface area contributed by atoms with Gasteiger partial charge in [-0.25, -0.2) is 9.78 Å². The Morgan fingerprint density at radius 2 is 2.50 bits per heavy atom. The highest BCUT2D eigenvalue weighted by molar-refractivity contribution is 5.24. The summed E-state index contributed by atoms with van der Waals surface area (Å²) in [5, 5.41) is 8.04. The third-order valence-corrected chi connectivity index (χ3v) is 0.920. The minimum absolute atomic E-state index is 0.0116. The lowest BCUT2D eigenvalue weighted by Gasteiger charge is -1.99. The molecule has 0 aromatic carbocycles. The van der Waals surface area contributed by atoms with Gasteiger partial charge < -0.3 is 5.73 Å². The van der Waals surface area contributed by atoms with Crippen LogP contribution in [0.25, 0.3) is 0 Å². The summed E-state index contributed by atoms with van der Waals surface area (Å²) in [5.41, 5.74) is 4.41. The van der Waals surface area contributed by atoms with Gasteiger partial charge >= 0.3 is 5.69 Å². The summed E-state index contributed by atoms with van der Waals surface area (Å²) in [6.45, 7) is 0. The Morgan fingerprint density at radius 3 is 2.90 bits per heavy atom. The van der Waals surface area contributed by atoms with Crippen LogP contribution in [-0.4, -0.2) is 15.0 Å². The molecule has 54 valence electrons. The fraction of sp³-hybridized carbons (Fsp3) is 0. The lowest BCUT2D eigenvalue weighted by atomic mass is 10.6. The number of aromatic nitrogens is 2. The second-order valence-electron chi connectivity index (χ2n) is 1.53. The summed E-state index contributed by atoms with van der Waals surface area (Å²) >= 11 is 0. The molecule has 0 aliphatic carbocycles. The van der Waals surface area contributed by atoms with Crippen molar-refractivity contribution in [2.45, 2.75) is 0 Å². The molecule has 1 rings (SSSR count). The number of nitrogen functional groups attached to an aromatic ring is 1. The number of hydrogen-bond donors (Lipinski definition) is 2. The molecule has 1 aromatic heterocycles. The molecular formula is C4H5N3O3. The van der Waals surface area contributed by atoms with E-state index >= 15 is 0 Å². The number of nitrogens with two attached hydrogens (primary N) is 1. The second kappa shape index (κ2) is 2.36. The molecule has 0 spiro atoms. The standard InChI is InChI=1S/C4H5N3O3/c5-3-1-2-6-4(8)7(3)10-9/h1-2,9H,5H2. The highest BCUT2D eigenvalue weighted by atomic mass is 17.2. The Kier molecular flexibility index (Phi) is 1.55. The van der Waals surface area contributed by atoms with E-state index in [9.17, 15) is 4.79 Å². The SMILES string of the molecule is Nc1ccnc(=O)n1OO. The molecule has 0 saturated carbocycles. The van der Waals surface area contributed by atoms with E-state index in [0.29, 0.717) is 4.73 Å². The van der Waals surface area contributed by atoms with Crippen LogP contribution in [0.1, 0.15) is 0 Å². The maximum absolute atomic E-state index is 10.6. The van der Waals surface area contributed by atoms with Crippen molar-refractivity contribution in [3.63, 3.8) is 0 Å². The van der Waals surface area contributed by atoms with Crippen LogP contribution < -0.4 is 16.4 Å². The van der Waals surface area contributed by atoms with Crippen molar-refractivity contribution < 1.29 is 10.2 Å². The predicted molar refractivity (Wildman–Crippen MR) is 32.1 cm³/mol. The van der Waals surface area contributed by atoms with Crippen LogP contribution in [0.2, 0.25) is 0 Å². The first-order valence-corrected chi connectivity index (χ1v) is 2.41. The van der Waals surface area contributed by atoms with Crippen molar-refractivity contribution in [2.24, 2.45) is 0 Å². The summed E-state index contributed by atoms with van der Waals surface area (Å²) in [6, 6.07) is 1.32. The fourth-order valence-corrected chi connectivity index (χ4v) is 0.490. The van der Waals surface area contributed by atoms with Crippen LogP contribution in [0.15, 0.2) is 17.1 Å². The maximum atomic E-state index is 10.6. The summed E-state index contributed by atoms with van der Waals surface area (Å²) in [6.07, 6.45) is 1.22. The average Bonchev–Trinajstić information content (AvgIpc) is 1.88. The van der Waals surface area contributed by atoms with Crippen molar-refractivity contribution >= 4 is 5.82 Å². The summed E-state index contributed by atoms with van der Waals surface area (Å²) in [7, 11) is 0. The topological polar surface area (TPSA) is 90.4 Å². The zero-order chi connectivity index (χ0) is 7.56. The zero-order valence-corrected chi connectivity index (χ0v) is 4.89. The summed E-state index contributed by atoms with van der Waals surface area (Å²) in [5.74, 6) is -0.0116. The van der Waals surface area contributed by atoms with Gasteiger partial charge in [-0.1, -0.05) is 4.73 Å². The zero-order valence-electron chi connectivity index (χ0n) is 4.89. The first-order valence-electron chi connectivity index (χ1n) is 2.41. The van der Waals surface area contributed by atoms with E-state index in [1.54, 1.807) is 0 Å². The first kappa shape index (κ1) is 6.56. The number of nitrogens with zero attached hydrogens (tertiary/aromatic N) is 2. The molecule has 6 heteroatoms. The van der Waals surface area contributed by atoms with E-state index in [-0.39, 0.29) is 5.82 Å². The van der Waals surface area contributed by atoms with E-state index in [4.69, 9.17) is 11.0 Å². The van der Waals surface area contributed by atoms with Crippen LogP contribution in [-0.2, 0) is 0 Å². The Bertz CT molecular complexity index is 281. The molecule has 3 N–H and O–H groups in total. The van der Waals surface area contributed by atoms with Crippen LogP contribution in [0.4, 0.5) is 5.82 Å². The molecule has 0 saturated heterocycles. The van der Waals surface area contributed by atoms with E-state index in [2.05, 4.69) is 9.97 Å². The Hall–Kier alpha value is -1.56. The third-order valence-electron chi connectivity index (χ3n) is 0.920. The minimum atomic E-state index is -0.762. The van der Waals surface area contributed by atoms with Gasteiger partial charge in [0.25, 0.3) is 0 Å². The normalized spacial score (nSPS) is 9.30. The first-order chi connectivity index (χ1) is 4.75. The number of anilines is 1. The molecule has 0 aliphatic rings. The van der Waals surface area contributed by atoms with E-state index < -0.39 is 5.69 Å². The van der Waals surface area contributed by atoms with Crippen molar-refractivity contribution in [2.75, 3.05) is 5.73 Å². The van der Waals surface area contributed by atoms with Gasteiger partial charge in [0.1, 0.15) is 0 Å². The van der Waals surface area contributed by atoms with Crippen molar-refractivity contribution in [1.29, 1.82) is 0 Å².